The van der Waals surface area contributed by atoms with Gasteiger partial charge >= 0.3 is 0 Å². The van der Waals surface area contributed by atoms with Crippen LogP contribution in [0.1, 0.15) is 46.0 Å². The summed E-state index contributed by atoms with van der Waals surface area (Å²) in [5.74, 6) is 2.00. The smallest absolute Gasteiger partial charge is 0.0473 e. The normalized spacial score (nSPS) is 19.9. The third-order valence-electron chi connectivity index (χ3n) is 4.12. The monoisotopic (exact) mass is 227 g/mol. The topological polar surface area (TPSA) is 23.5 Å². The Hall–Kier alpha value is -0.0800. The van der Waals surface area contributed by atoms with Gasteiger partial charge in [-0.25, -0.2) is 0 Å². The summed E-state index contributed by atoms with van der Waals surface area (Å²) in [6.07, 6.45) is 7.13. The molecule has 2 nitrogen and oxygen atoms in total. The molecule has 0 aliphatic heterocycles. The second-order valence-electron chi connectivity index (χ2n) is 5.89. The van der Waals surface area contributed by atoms with Gasteiger partial charge in [0.05, 0.1) is 0 Å². The van der Waals surface area contributed by atoms with Crippen LogP contribution in [0.15, 0.2) is 0 Å². The van der Waals surface area contributed by atoms with Gasteiger partial charge in [0.15, 0.2) is 0 Å². The minimum absolute atomic E-state index is 0.325. The summed E-state index contributed by atoms with van der Waals surface area (Å²) in [6.45, 7) is 6.97. The molecule has 1 saturated carbocycles. The molecule has 1 atom stereocenters. The lowest BCUT2D eigenvalue weighted by atomic mass is 9.96. The first-order valence-electron chi connectivity index (χ1n) is 6.93. The van der Waals surface area contributed by atoms with Crippen molar-refractivity contribution >= 4 is 0 Å². The van der Waals surface area contributed by atoms with E-state index in [1.54, 1.807) is 0 Å². The van der Waals surface area contributed by atoms with Gasteiger partial charge in [0, 0.05) is 13.2 Å². The van der Waals surface area contributed by atoms with Gasteiger partial charge < -0.3 is 10.0 Å². The molecule has 1 N–H and O–H groups in total. The van der Waals surface area contributed by atoms with Gasteiger partial charge in [-0.3, -0.25) is 0 Å². The van der Waals surface area contributed by atoms with E-state index in [0.29, 0.717) is 18.4 Å². The third-order valence-corrected chi connectivity index (χ3v) is 4.12. The van der Waals surface area contributed by atoms with Gasteiger partial charge in [-0.2, -0.15) is 0 Å². The molecule has 0 aromatic rings. The molecule has 16 heavy (non-hydrogen) atoms. The molecule has 1 unspecified atom stereocenters. The van der Waals surface area contributed by atoms with Crippen LogP contribution in [0.3, 0.4) is 0 Å². The van der Waals surface area contributed by atoms with E-state index >= 15 is 0 Å². The van der Waals surface area contributed by atoms with E-state index in [-0.39, 0.29) is 0 Å². The Labute approximate surface area is 101 Å². The SMILES string of the molecule is CC(C)C(CO)CN(C)CCC1CCCC1. The van der Waals surface area contributed by atoms with Crippen LogP contribution in [0.25, 0.3) is 0 Å². The predicted molar refractivity (Wildman–Crippen MR) is 69.5 cm³/mol. The van der Waals surface area contributed by atoms with Crippen molar-refractivity contribution < 1.29 is 5.11 Å². The molecule has 2 heteroatoms. The fourth-order valence-electron chi connectivity index (χ4n) is 2.67. The highest BCUT2D eigenvalue weighted by atomic mass is 16.3. The molecule has 0 radical (unpaired) electrons. The van der Waals surface area contributed by atoms with E-state index in [1.807, 2.05) is 0 Å². The Morgan fingerprint density at radius 1 is 1.25 bits per heavy atom. The van der Waals surface area contributed by atoms with Crippen LogP contribution < -0.4 is 0 Å². The van der Waals surface area contributed by atoms with E-state index in [2.05, 4.69) is 25.8 Å². The van der Waals surface area contributed by atoms with Crippen LogP contribution >= 0.6 is 0 Å². The summed E-state index contributed by atoms with van der Waals surface area (Å²) >= 11 is 0. The van der Waals surface area contributed by atoms with Gasteiger partial charge in [0.2, 0.25) is 0 Å². The van der Waals surface area contributed by atoms with Crippen molar-refractivity contribution in [1.29, 1.82) is 0 Å². The number of rotatable bonds is 7. The second-order valence-corrected chi connectivity index (χ2v) is 5.89. The Bertz CT molecular complexity index is 176. The van der Waals surface area contributed by atoms with Crippen molar-refractivity contribution in [2.24, 2.45) is 17.8 Å². The fraction of sp³-hybridized carbons (Fsp3) is 1.00. The van der Waals surface area contributed by atoms with Gasteiger partial charge in [-0.15, -0.1) is 0 Å². The second kappa shape index (κ2) is 7.29. The standard InChI is InChI=1S/C14H29NO/c1-12(2)14(11-16)10-15(3)9-8-13-6-4-5-7-13/h12-14,16H,4-11H2,1-3H3. The maximum atomic E-state index is 9.30. The van der Waals surface area contributed by atoms with Crippen LogP contribution in [0.4, 0.5) is 0 Å². The average Bonchev–Trinajstić information content (AvgIpc) is 2.75. The van der Waals surface area contributed by atoms with Crippen molar-refractivity contribution in [1.82, 2.24) is 4.90 Å². The quantitative estimate of drug-likeness (QED) is 0.723. The molecule has 0 spiro atoms. The summed E-state index contributed by atoms with van der Waals surface area (Å²) in [4.78, 5) is 2.40. The number of hydrogen-bond acceptors (Lipinski definition) is 2. The Kier molecular flexibility index (Phi) is 6.37. The van der Waals surface area contributed by atoms with Crippen LogP contribution in [-0.4, -0.2) is 36.8 Å². The van der Waals surface area contributed by atoms with E-state index in [9.17, 15) is 5.11 Å². The molecule has 0 amide bonds. The molecule has 96 valence electrons. The van der Waals surface area contributed by atoms with Crippen molar-refractivity contribution in [3.63, 3.8) is 0 Å². The summed E-state index contributed by atoms with van der Waals surface area (Å²) < 4.78 is 0. The van der Waals surface area contributed by atoms with Crippen LogP contribution in [-0.2, 0) is 0 Å². The molecule has 0 aromatic carbocycles. The molecule has 1 fully saturated rings. The van der Waals surface area contributed by atoms with Crippen molar-refractivity contribution in [3.8, 4) is 0 Å². The molecule has 1 aliphatic carbocycles. The maximum absolute atomic E-state index is 9.30. The summed E-state index contributed by atoms with van der Waals surface area (Å²) in [5, 5.41) is 9.30. The Morgan fingerprint density at radius 3 is 2.38 bits per heavy atom. The summed E-state index contributed by atoms with van der Waals surface area (Å²) in [5.41, 5.74) is 0. The first-order valence-corrected chi connectivity index (χ1v) is 6.93. The molecule has 0 heterocycles. The lowest BCUT2D eigenvalue weighted by molar-refractivity contribution is 0.143. The maximum Gasteiger partial charge on any atom is 0.0473 e. The number of nitrogens with zero attached hydrogens (tertiary/aromatic N) is 1. The highest BCUT2D eigenvalue weighted by Gasteiger charge is 2.17. The van der Waals surface area contributed by atoms with Crippen LogP contribution in [0.2, 0.25) is 0 Å². The minimum atomic E-state index is 0.325. The number of aliphatic hydroxyl groups is 1. The largest absolute Gasteiger partial charge is 0.396 e. The molecule has 1 rings (SSSR count). The predicted octanol–water partition coefficient (Wildman–Crippen LogP) is 2.76. The zero-order valence-electron chi connectivity index (χ0n) is 11.3. The van der Waals surface area contributed by atoms with Crippen LogP contribution in [0, 0.1) is 17.8 Å². The lowest BCUT2D eigenvalue weighted by Crippen LogP contribution is -2.31. The van der Waals surface area contributed by atoms with E-state index < -0.39 is 0 Å². The van der Waals surface area contributed by atoms with E-state index in [4.69, 9.17) is 0 Å². The zero-order valence-corrected chi connectivity index (χ0v) is 11.3. The van der Waals surface area contributed by atoms with Crippen molar-refractivity contribution in [2.45, 2.75) is 46.0 Å². The van der Waals surface area contributed by atoms with E-state index in [0.717, 1.165) is 12.5 Å². The first kappa shape index (κ1) is 14.0. The molecule has 0 aromatic heterocycles. The number of aliphatic hydroxyl groups excluding tert-OH is 1. The Balaban J connectivity index is 2.15. The highest BCUT2D eigenvalue weighted by molar-refractivity contribution is 4.71. The van der Waals surface area contributed by atoms with Gasteiger partial charge in [0.1, 0.15) is 0 Å². The summed E-state index contributed by atoms with van der Waals surface area (Å²) in [6, 6.07) is 0. The number of hydrogen-bond donors (Lipinski definition) is 1. The summed E-state index contributed by atoms with van der Waals surface area (Å²) in [7, 11) is 2.19. The molecule has 0 saturated heterocycles. The third kappa shape index (κ3) is 4.84. The molecule has 1 aliphatic rings. The van der Waals surface area contributed by atoms with Crippen molar-refractivity contribution in [3.05, 3.63) is 0 Å². The minimum Gasteiger partial charge on any atom is -0.396 e. The van der Waals surface area contributed by atoms with Gasteiger partial charge in [0.25, 0.3) is 0 Å². The van der Waals surface area contributed by atoms with Crippen LogP contribution in [0.5, 0.6) is 0 Å². The fourth-order valence-corrected chi connectivity index (χ4v) is 2.67. The van der Waals surface area contributed by atoms with Gasteiger partial charge in [-0.1, -0.05) is 39.5 Å². The average molecular weight is 227 g/mol. The van der Waals surface area contributed by atoms with Crippen molar-refractivity contribution in [2.75, 3.05) is 26.7 Å². The zero-order chi connectivity index (χ0) is 12.0. The molecule has 0 bridgehead atoms. The first-order chi connectivity index (χ1) is 7.63. The molecular formula is C14H29NO. The Morgan fingerprint density at radius 2 is 1.88 bits per heavy atom. The highest BCUT2D eigenvalue weighted by Crippen LogP contribution is 2.27. The lowest BCUT2D eigenvalue weighted by Gasteiger charge is -2.26. The van der Waals surface area contributed by atoms with E-state index in [1.165, 1.54) is 38.6 Å². The molecular weight excluding hydrogens is 198 g/mol. The van der Waals surface area contributed by atoms with Gasteiger partial charge in [-0.05, 0) is 37.8 Å².